The maximum Gasteiger partial charge on any atom is 0.410 e. The number of carbonyl (C=O) groups excluding carboxylic acids is 2. The Morgan fingerprint density at radius 3 is 2.12 bits per heavy atom. The maximum atomic E-state index is 12.7. The molecule has 2 unspecified atom stereocenters. The predicted octanol–water partition coefficient (Wildman–Crippen LogP) is 3.86. The lowest BCUT2D eigenvalue weighted by molar-refractivity contribution is -0.127. The van der Waals surface area contributed by atoms with E-state index in [-0.39, 0.29) is 24.1 Å². The van der Waals surface area contributed by atoms with Gasteiger partial charge >= 0.3 is 6.09 Å². The van der Waals surface area contributed by atoms with Crippen LogP contribution in [0.3, 0.4) is 0 Å². The van der Waals surface area contributed by atoms with Crippen LogP contribution >= 0.6 is 0 Å². The van der Waals surface area contributed by atoms with Crippen molar-refractivity contribution in [2.24, 2.45) is 5.92 Å². The number of nitrogens with zero attached hydrogens (tertiary/aromatic N) is 2. The lowest BCUT2D eigenvalue weighted by Crippen LogP contribution is -2.56. The third-order valence-corrected chi connectivity index (χ3v) is 5.60. The van der Waals surface area contributed by atoms with Gasteiger partial charge < -0.3 is 14.5 Å². The van der Waals surface area contributed by atoms with Crippen LogP contribution in [0, 0.1) is 5.92 Å². The second kappa shape index (κ2) is 8.52. The molecule has 2 atom stereocenters. The summed E-state index contributed by atoms with van der Waals surface area (Å²) >= 11 is 0. The highest BCUT2D eigenvalue weighted by Gasteiger charge is 2.44. The van der Waals surface area contributed by atoms with Gasteiger partial charge in [0.25, 0.3) is 0 Å². The van der Waals surface area contributed by atoms with Crippen molar-refractivity contribution in [1.82, 2.24) is 9.80 Å². The molecule has 2 aliphatic rings. The van der Waals surface area contributed by atoms with Crippen molar-refractivity contribution < 1.29 is 14.3 Å². The number of ether oxygens (including phenoxy) is 1. The Morgan fingerprint density at radius 1 is 1.08 bits per heavy atom. The fourth-order valence-corrected chi connectivity index (χ4v) is 4.27. The molecule has 0 N–H and O–H groups in total. The normalized spacial score (nSPS) is 26.6. The van der Waals surface area contributed by atoms with Gasteiger partial charge in [-0.25, -0.2) is 4.79 Å². The van der Waals surface area contributed by atoms with Crippen LogP contribution in [0.5, 0.6) is 0 Å². The molecule has 0 aromatic rings. The van der Waals surface area contributed by atoms with Gasteiger partial charge in [0.1, 0.15) is 11.4 Å². The molecule has 2 bridgehead atoms. The van der Waals surface area contributed by atoms with Crippen molar-refractivity contribution in [3.63, 3.8) is 0 Å². The minimum atomic E-state index is -0.470. The van der Waals surface area contributed by atoms with Gasteiger partial charge in [-0.15, -0.1) is 0 Å². The second-order valence-electron chi connectivity index (χ2n) is 8.54. The maximum absolute atomic E-state index is 12.7. The highest BCUT2D eigenvalue weighted by molar-refractivity contribution is 5.82. The molecule has 0 aromatic carbocycles. The van der Waals surface area contributed by atoms with Crippen LogP contribution in [0.25, 0.3) is 0 Å². The molecule has 5 heteroatoms. The molecule has 2 rings (SSSR count). The first-order valence-electron chi connectivity index (χ1n) is 10.0. The van der Waals surface area contributed by atoms with Crippen LogP contribution in [-0.2, 0) is 9.53 Å². The first-order valence-corrected chi connectivity index (χ1v) is 10.0. The van der Waals surface area contributed by atoms with Crippen molar-refractivity contribution in [2.75, 3.05) is 19.6 Å². The molecular weight excluding hydrogens is 316 g/mol. The average molecular weight is 353 g/mol. The van der Waals surface area contributed by atoms with Crippen molar-refractivity contribution in [3.8, 4) is 0 Å². The van der Waals surface area contributed by atoms with E-state index in [1.54, 1.807) is 0 Å². The molecule has 1 amide bonds. The summed E-state index contributed by atoms with van der Waals surface area (Å²) in [5.41, 5.74) is -0.470. The number of Topliss-reactive ketones (excluding diaryl/α,β-unsaturated/α-hetero) is 1. The summed E-state index contributed by atoms with van der Waals surface area (Å²) in [6, 6.07) is 0.342. The fraction of sp³-hybridized carbons (Fsp3) is 0.900. The van der Waals surface area contributed by atoms with E-state index in [4.69, 9.17) is 4.74 Å². The minimum absolute atomic E-state index is 0.115. The summed E-state index contributed by atoms with van der Waals surface area (Å²) in [5.74, 6) is 0.497. The Labute approximate surface area is 153 Å². The van der Waals surface area contributed by atoms with Gasteiger partial charge in [-0.2, -0.15) is 0 Å². The molecule has 2 fully saturated rings. The molecule has 144 valence electrons. The quantitative estimate of drug-likeness (QED) is 0.728. The van der Waals surface area contributed by atoms with E-state index in [2.05, 4.69) is 18.7 Å². The number of carbonyl (C=O) groups is 2. The predicted molar refractivity (Wildman–Crippen MR) is 99.6 cm³/mol. The molecule has 2 saturated heterocycles. The van der Waals surface area contributed by atoms with Gasteiger partial charge in [0.05, 0.1) is 0 Å². The third-order valence-electron chi connectivity index (χ3n) is 5.60. The topological polar surface area (TPSA) is 49.9 Å². The summed E-state index contributed by atoms with van der Waals surface area (Å²) in [6.07, 6.45) is 5.20. The van der Waals surface area contributed by atoms with Gasteiger partial charge in [-0.05, 0) is 66.0 Å². The van der Waals surface area contributed by atoms with Crippen LogP contribution in [0.1, 0.15) is 73.1 Å². The van der Waals surface area contributed by atoms with Gasteiger partial charge in [-0.1, -0.05) is 13.8 Å². The number of amides is 1. The number of hydrogen-bond donors (Lipinski definition) is 0. The summed E-state index contributed by atoms with van der Waals surface area (Å²) in [6.45, 7) is 12.8. The van der Waals surface area contributed by atoms with Gasteiger partial charge in [0.15, 0.2) is 0 Å². The minimum Gasteiger partial charge on any atom is -0.444 e. The number of ketones is 1. The van der Waals surface area contributed by atoms with Crippen LogP contribution < -0.4 is 0 Å². The van der Waals surface area contributed by atoms with Crippen LogP contribution in [0.15, 0.2) is 0 Å². The summed E-state index contributed by atoms with van der Waals surface area (Å²) < 4.78 is 5.61. The standard InChI is InChI=1S/C20H36N2O3/c1-6-21(7-2)12-11-18(23)15-13-16-9-8-10-17(14-15)22(16)19(24)25-20(3,4)5/h15-17H,6-14H2,1-5H3. The highest BCUT2D eigenvalue weighted by atomic mass is 16.6. The molecule has 0 saturated carbocycles. The Hall–Kier alpha value is -1.10. The van der Waals surface area contributed by atoms with E-state index in [0.717, 1.165) is 51.7 Å². The van der Waals surface area contributed by atoms with E-state index < -0.39 is 5.60 Å². The summed E-state index contributed by atoms with van der Waals surface area (Å²) in [4.78, 5) is 29.6. The van der Waals surface area contributed by atoms with E-state index in [0.29, 0.717) is 12.2 Å². The Balaban J connectivity index is 1.96. The molecule has 2 heterocycles. The molecular formula is C20H36N2O3. The summed E-state index contributed by atoms with van der Waals surface area (Å²) in [7, 11) is 0. The van der Waals surface area contributed by atoms with E-state index >= 15 is 0 Å². The van der Waals surface area contributed by atoms with Crippen LogP contribution in [0.2, 0.25) is 0 Å². The van der Waals surface area contributed by atoms with Gasteiger partial charge in [0, 0.05) is 31.0 Å². The first kappa shape index (κ1) is 20.2. The molecule has 2 aliphatic heterocycles. The number of fused-ring (bicyclic) bond motifs is 2. The zero-order chi connectivity index (χ0) is 18.6. The van der Waals surface area contributed by atoms with Gasteiger partial charge in [-0.3, -0.25) is 4.79 Å². The number of hydrogen-bond acceptors (Lipinski definition) is 4. The molecule has 0 aliphatic carbocycles. The molecule has 0 aromatic heterocycles. The average Bonchev–Trinajstić information content (AvgIpc) is 2.52. The Kier molecular flexibility index (Phi) is 6.89. The van der Waals surface area contributed by atoms with Crippen LogP contribution in [-0.4, -0.2) is 59.0 Å². The van der Waals surface area contributed by atoms with Crippen molar-refractivity contribution in [2.45, 2.75) is 90.8 Å². The lowest BCUT2D eigenvalue weighted by Gasteiger charge is -2.48. The fourth-order valence-electron chi connectivity index (χ4n) is 4.27. The van der Waals surface area contributed by atoms with Crippen molar-refractivity contribution in [1.29, 1.82) is 0 Å². The number of rotatable bonds is 6. The smallest absolute Gasteiger partial charge is 0.410 e. The number of piperidine rings is 2. The monoisotopic (exact) mass is 352 g/mol. The van der Waals surface area contributed by atoms with E-state index in [1.807, 2.05) is 25.7 Å². The van der Waals surface area contributed by atoms with Crippen molar-refractivity contribution in [3.05, 3.63) is 0 Å². The molecule has 5 nitrogen and oxygen atoms in total. The SMILES string of the molecule is CCN(CC)CCC(=O)C1CC2CCCC(C1)N2C(=O)OC(C)(C)C. The van der Waals surface area contributed by atoms with Crippen LogP contribution in [0.4, 0.5) is 4.79 Å². The Morgan fingerprint density at radius 2 is 1.64 bits per heavy atom. The summed E-state index contributed by atoms with van der Waals surface area (Å²) in [5, 5.41) is 0. The molecule has 0 spiro atoms. The lowest BCUT2D eigenvalue weighted by atomic mass is 9.76. The zero-order valence-electron chi connectivity index (χ0n) is 16.7. The highest BCUT2D eigenvalue weighted by Crippen LogP contribution is 2.38. The molecule has 0 radical (unpaired) electrons. The van der Waals surface area contributed by atoms with Gasteiger partial charge in [0.2, 0.25) is 0 Å². The van der Waals surface area contributed by atoms with E-state index in [9.17, 15) is 9.59 Å². The largest absolute Gasteiger partial charge is 0.444 e. The Bertz CT molecular complexity index is 454. The zero-order valence-corrected chi connectivity index (χ0v) is 16.7. The molecule has 25 heavy (non-hydrogen) atoms. The van der Waals surface area contributed by atoms with E-state index in [1.165, 1.54) is 0 Å². The van der Waals surface area contributed by atoms with Crippen molar-refractivity contribution >= 4 is 11.9 Å². The third kappa shape index (κ3) is 5.44. The second-order valence-corrected chi connectivity index (χ2v) is 8.54. The first-order chi connectivity index (χ1) is 11.7.